The number of piperidine rings is 1. The van der Waals surface area contributed by atoms with Gasteiger partial charge in [-0.1, -0.05) is 56.7 Å². The summed E-state index contributed by atoms with van der Waals surface area (Å²) < 4.78 is 19.4. The lowest BCUT2D eigenvalue weighted by Gasteiger charge is -2.21. The van der Waals surface area contributed by atoms with Crippen LogP contribution in [-0.2, 0) is 23.1 Å². The van der Waals surface area contributed by atoms with Crippen LogP contribution in [0.15, 0.2) is 82.6 Å². The molecule has 2 aromatic carbocycles. The number of carbonyl (C=O) groups excluding carboxylic acids is 4. The largest absolute Gasteiger partial charge is 0.385 e. The van der Waals surface area contributed by atoms with Crippen LogP contribution in [0.5, 0.6) is 0 Å². The van der Waals surface area contributed by atoms with Gasteiger partial charge in [-0.05, 0) is 67.6 Å². The van der Waals surface area contributed by atoms with Gasteiger partial charge in [-0.25, -0.2) is 18.7 Å². The molecule has 1 aliphatic heterocycles. The number of imidazole rings is 2. The molecule has 4 amide bonds. The fourth-order valence-electron chi connectivity index (χ4n) is 8.41. The fourth-order valence-corrected chi connectivity index (χ4v) is 8.41. The van der Waals surface area contributed by atoms with Gasteiger partial charge in [0.25, 0.3) is 17.4 Å². The summed E-state index contributed by atoms with van der Waals surface area (Å²) >= 11 is 0. The maximum Gasteiger partial charge on any atom is 0.329 e. The van der Waals surface area contributed by atoms with E-state index >= 15 is 0 Å². The van der Waals surface area contributed by atoms with Crippen LogP contribution in [0, 0.1) is 0 Å². The topological polar surface area (TPSA) is 208 Å². The van der Waals surface area contributed by atoms with Crippen LogP contribution in [0.25, 0.3) is 22.4 Å². The Morgan fingerprint density at radius 2 is 1.64 bits per heavy atom. The van der Waals surface area contributed by atoms with Crippen molar-refractivity contribution in [3.63, 3.8) is 0 Å². The lowest BCUT2D eigenvalue weighted by Crippen LogP contribution is -2.44. The molecule has 1 saturated carbocycles. The highest BCUT2D eigenvalue weighted by molar-refractivity contribution is 6.00. The van der Waals surface area contributed by atoms with Gasteiger partial charge < -0.3 is 21.3 Å². The minimum Gasteiger partial charge on any atom is -0.385 e. The summed E-state index contributed by atoms with van der Waals surface area (Å²) in [6.45, 7) is 0.533. The number of pyridine rings is 1. The van der Waals surface area contributed by atoms with E-state index < -0.39 is 30.1 Å². The predicted octanol–water partition coefficient (Wildman–Crippen LogP) is 5.23. The minimum atomic E-state index is -1.06. The number of nitrogens with zero attached hydrogens (tertiary/aromatic N) is 6. The number of benzene rings is 2. The number of nitrogens with one attached hydrogen (secondary N) is 5. The smallest absolute Gasteiger partial charge is 0.329 e. The van der Waals surface area contributed by atoms with Crippen LogP contribution in [0.3, 0.4) is 0 Å². The van der Waals surface area contributed by atoms with E-state index in [0.29, 0.717) is 35.6 Å². The van der Waals surface area contributed by atoms with Gasteiger partial charge in [-0.15, -0.1) is 5.10 Å². The zero-order valence-electron chi connectivity index (χ0n) is 35.9. The van der Waals surface area contributed by atoms with Gasteiger partial charge in [0.15, 0.2) is 17.2 Å². The molecule has 5 heterocycles. The first-order valence-corrected chi connectivity index (χ1v) is 21.9. The maximum atomic E-state index is 13.7. The van der Waals surface area contributed by atoms with Crippen LogP contribution < -0.4 is 37.8 Å². The molecule has 334 valence electrons. The minimum absolute atomic E-state index is 0.126. The maximum absolute atomic E-state index is 13.7. The Kier molecular flexibility index (Phi) is 13.0. The average Bonchev–Trinajstić information content (AvgIpc) is 3.69. The summed E-state index contributed by atoms with van der Waals surface area (Å²) in [5.74, 6) is -1.21. The number of halogens is 1. The molecule has 8 rings (SSSR count). The van der Waals surface area contributed by atoms with Crippen molar-refractivity contribution in [2.75, 3.05) is 24.2 Å². The van der Waals surface area contributed by atoms with Crippen LogP contribution in [0.4, 0.5) is 21.6 Å². The van der Waals surface area contributed by atoms with Gasteiger partial charge in [-0.3, -0.25) is 43.0 Å². The highest BCUT2D eigenvalue weighted by atomic mass is 19.1. The standard InChI is InChI=1S/C46H52FN11O6/c1-48-34-26-38(54-58-37(27-50-41(34)58)44(62)52-33-25-31(33)47)51-32-18-13-23-56(45(32)63)30-17-11-16-29(24-30)42(60)49-22-10-8-6-4-3-5-7-9-14-28-15-12-19-35-40(28)55(2)46(64)57(35)36-20-21-39(59)53-43(36)61/h11-13,15-19,23-24,26-27,31,33,36,48H,3-10,14,20-22,25H2,1-2H3,(H,49,60)(H,51,54)(H,52,62)(H,53,59,61)/t31-,33+,36?/m0/s1. The van der Waals surface area contributed by atoms with Crippen LogP contribution in [0.1, 0.15) is 103 Å². The average molecular weight is 874 g/mol. The Morgan fingerprint density at radius 1 is 0.891 bits per heavy atom. The Balaban J connectivity index is 0.776. The SMILES string of the molecule is CNc1cc(Nc2cccn(-c3cccc(C(=O)NCCCCCCCCCCc4cccc5c4n(C)c(=O)n5C4CCC(=O)NC4=O)c3)c2=O)nn2c(C(=O)N[C@@H]3C[C@@H]3F)cnc12. The van der Waals surface area contributed by atoms with E-state index in [1.807, 2.05) is 18.2 Å². The van der Waals surface area contributed by atoms with E-state index in [1.165, 1.54) is 19.8 Å². The van der Waals surface area contributed by atoms with E-state index in [9.17, 15) is 33.2 Å². The molecule has 5 N–H and O–H groups in total. The van der Waals surface area contributed by atoms with E-state index in [1.54, 1.807) is 67.3 Å². The van der Waals surface area contributed by atoms with Crippen LogP contribution >= 0.6 is 0 Å². The molecule has 64 heavy (non-hydrogen) atoms. The monoisotopic (exact) mass is 873 g/mol. The zero-order chi connectivity index (χ0) is 44.9. The third-order valence-corrected chi connectivity index (χ3v) is 12.0. The van der Waals surface area contributed by atoms with E-state index in [4.69, 9.17) is 0 Å². The quantitative estimate of drug-likeness (QED) is 0.0529. The van der Waals surface area contributed by atoms with Crippen molar-refractivity contribution in [1.29, 1.82) is 0 Å². The first kappa shape index (κ1) is 43.5. The predicted molar refractivity (Wildman–Crippen MR) is 240 cm³/mol. The molecule has 0 bridgehead atoms. The van der Waals surface area contributed by atoms with Crippen molar-refractivity contribution in [3.05, 3.63) is 111 Å². The molecule has 17 nitrogen and oxygen atoms in total. The number of carbonyl (C=O) groups is 4. The molecule has 0 spiro atoms. The van der Waals surface area contributed by atoms with Gasteiger partial charge in [0.1, 0.15) is 17.9 Å². The summed E-state index contributed by atoms with van der Waals surface area (Å²) in [4.78, 5) is 81.5. The van der Waals surface area contributed by atoms with Gasteiger partial charge in [-0.2, -0.15) is 0 Å². The number of aryl methyl sites for hydroxylation is 2. The molecular weight excluding hydrogens is 822 g/mol. The first-order chi connectivity index (χ1) is 31.0. The summed E-state index contributed by atoms with van der Waals surface area (Å²) in [7, 11) is 3.43. The van der Waals surface area contributed by atoms with Crippen molar-refractivity contribution in [3.8, 4) is 5.69 Å². The molecule has 2 aliphatic rings. The normalized spacial score (nSPS) is 17.1. The van der Waals surface area contributed by atoms with Gasteiger partial charge >= 0.3 is 5.69 Å². The molecule has 2 fully saturated rings. The number of unbranched alkanes of at least 4 members (excludes halogenated alkanes) is 7. The van der Waals surface area contributed by atoms with Crippen molar-refractivity contribution in [1.82, 2.24) is 44.2 Å². The molecule has 1 aliphatic carbocycles. The van der Waals surface area contributed by atoms with E-state index in [0.717, 1.165) is 74.4 Å². The van der Waals surface area contributed by atoms with Crippen molar-refractivity contribution in [2.45, 2.75) is 95.3 Å². The highest BCUT2D eigenvalue weighted by Crippen LogP contribution is 2.28. The number of hydrogen-bond acceptors (Lipinski definition) is 10. The van der Waals surface area contributed by atoms with Crippen LogP contribution in [0.2, 0.25) is 0 Å². The Bertz CT molecular complexity index is 2860. The summed E-state index contributed by atoms with van der Waals surface area (Å²) in [5, 5.41) is 18.6. The molecule has 1 saturated heterocycles. The Morgan fingerprint density at radius 3 is 2.39 bits per heavy atom. The Hall–Kier alpha value is -7.11. The number of alkyl halides is 1. The van der Waals surface area contributed by atoms with Gasteiger partial charge in [0, 0.05) is 57.0 Å². The first-order valence-electron chi connectivity index (χ1n) is 21.9. The second-order valence-electron chi connectivity index (χ2n) is 16.5. The lowest BCUT2D eigenvalue weighted by molar-refractivity contribution is -0.135. The second kappa shape index (κ2) is 19.1. The van der Waals surface area contributed by atoms with E-state index in [2.05, 4.69) is 36.7 Å². The van der Waals surface area contributed by atoms with Gasteiger partial charge in [0.05, 0.1) is 29.0 Å². The lowest BCUT2D eigenvalue weighted by atomic mass is 10.0. The highest BCUT2D eigenvalue weighted by Gasteiger charge is 2.39. The number of anilines is 3. The third kappa shape index (κ3) is 9.30. The molecule has 18 heteroatoms. The van der Waals surface area contributed by atoms with Crippen molar-refractivity contribution in [2.24, 2.45) is 7.05 Å². The molecule has 4 aromatic heterocycles. The number of rotatable bonds is 19. The number of amides is 4. The fraction of sp³-hybridized carbons (Fsp3) is 0.391. The molecule has 3 atom stereocenters. The third-order valence-electron chi connectivity index (χ3n) is 12.0. The number of hydrogen-bond donors (Lipinski definition) is 5. The van der Waals surface area contributed by atoms with Crippen molar-refractivity contribution >= 4 is 57.5 Å². The summed E-state index contributed by atoms with van der Waals surface area (Å²) in [6.07, 6.45) is 11.8. The molecule has 0 radical (unpaired) electrons. The van der Waals surface area contributed by atoms with Crippen molar-refractivity contribution < 1.29 is 23.6 Å². The summed E-state index contributed by atoms with van der Waals surface area (Å²) in [6, 6.07) is 16.4. The summed E-state index contributed by atoms with van der Waals surface area (Å²) in [5.41, 5.74) is 4.19. The van der Waals surface area contributed by atoms with E-state index in [-0.39, 0.29) is 53.1 Å². The molecule has 6 aromatic rings. The zero-order valence-corrected chi connectivity index (χ0v) is 35.9. The second-order valence-corrected chi connectivity index (χ2v) is 16.5. The number of para-hydroxylation sites is 1. The Labute approximate surface area is 367 Å². The molecule has 1 unspecified atom stereocenters. The van der Waals surface area contributed by atoms with Gasteiger partial charge in [0.2, 0.25) is 11.8 Å². The number of aromatic nitrogens is 6. The van der Waals surface area contributed by atoms with Crippen LogP contribution in [-0.4, -0.2) is 77.7 Å². The molecular formula is C46H52FN11O6. The number of imide groups is 1. The number of fused-ring (bicyclic) bond motifs is 2.